The highest BCUT2D eigenvalue weighted by Gasteiger charge is 2.42. The molecule has 0 bridgehead atoms. The van der Waals surface area contributed by atoms with E-state index in [0.717, 1.165) is 11.1 Å². The number of allylic oxidation sites excluding steroid dienone is 4. The van der Waals surface area contributed by atoms with Crippen molar-refractivity contribution in [3.05, 3.63) is 89.5 Å². The predicted octanol–water partition coefficient (Wildman–Crippen LogP) is 5.12. The van der Waals surface area contributed by atoms with Crippen molar-refractivity contribution >= 4 is 46.6 Å². The number of carbonyl (C=O) groups excluding carboxylic acids is 3. The minimum atomic E-state index is -0.735. The normalized spacial score (nSPS) is 23.5. The average Bonchev–Trinajstić information content (AvgIpc) is 3.11. The van der Waals surface area contributed by atoms with Gasteiger partial charge in [-0.15, -0.1) is 0 Å². The van der Waals surface area contributed by atoms with Gasteiger partial charge in [-0.05, 0) is 66.4 Å². The summed E-state index contributed by atoms with van der Waals surface area (Å²) in [4.78, 5) is 38.1. The molecule has 1 saturated carbocycles. The maximum absolute atomic E-state index is 13.2. The number of aliphatic hydroxyl groups excluding tert-OH is 1. The standard InChI is InChI=1S/C28H27ClN2O4/c1-2-17-13-19(18-5-3-4-6-22(32)14-18)7-12-26(17)31-28(35)25-16-23(33)15-24(25)27(34)30-21-10-8-20(29)9-11-21/h2-13,18,23-25,33H,1,14-16H2,(H,30,34)(H,31,35)/t18?,23-,24-,25-/m0/s1. The van der Waals surface area contributed by atoms with E-state index in [1.807, 2.05) is 24.3 Å². The van der Waals surface area contributed by atoms with Gasteiger partial charge in [-0.2, -0.15) is 0 Å². The third-order valence-electron chi connectivity index (χ3n) is 6.46. The number of ketones is 1. The van der Waals surface area contributed by atoms with Crippen molar-refractivity contribution in [1.29, 1.82) is 0 Å². The minimum Gasteiger partial charge on any atom is -0.393 e. The predicted molar refractivity (Wildman–Crippen MR) is 138 cm³/mol. The fourth-order valence-corrected chi connectivity index (χ4v) is 4.75. The molecular formula is C28H27ClN2O4. The van der Waals surface area contributed by atoms with Crippen LogP contribution in [0, 0.1) is 11.8 Å². The Morgan fingerprint density at radius 2 is 1.69 bits per heavy atom. The van der Waals surface area contributed by atoms with Crippen LogP contribution in [0.25, 0.3) is 6.08 Å². The number of carbonyl (C=O) groups is 3. The third-order valence-corrected chi connectivity index (χ3v) is 6.71. The van der Waals surface area contributed by atoms with Crippen LogP contribution >= 0.6 is 11.6 Å². The maximum Gasteiger partial charge on any atom is 0.228 e. The van der Waals surface area contributed by atoms with Gasteiger partial charge in [0.2, 0.25) is 11.8 Å². The lowest BCUT2D eigenvalue weighted by Crippen LogP contribution is -2.33. The van der Waals surface area contributed by atoms with Crippen LogP contribution < -0.4 is 10.6 Å². The summed E-state index contributed by atoms with van der Waals surface area (Å²) < 4.78 is 0. The zero-order valence-electron chi connectivity index (χ0n) is 19.1. The number of benzene rings is 2. The Morgan fingerprint density at radius 3 is 2.37 bits per heavy atom. The number of amides is 2. The van der Waals surface area contributed by atoms with Crippen molar-refractivity contribution in [1.82, 2.24) is 0 Å². The van der Waals surface area contributed by atoms with Crippen molar-refractivity contribution in [2.45, 2.75) is 31.3 Å². The summed E-state index contributed by atoms with van der Waals surface area (Å²) in [6.45, 7) is 3.86. The molecule has 2 aromatic carbocycles. The lowest BCUT2D eigenvalue weighted by atomic mass is 9.91. The Hall–Kier alpha value is -3.48. The topological polar surface area (TPSA) is 95.5 Å². The van der Waals surface area contributed by atoms with Gasteiger partial charge in [0.15, 0.2) is 5.78 Å². The van der Waals surface area contributed by atoms with Crippen molar-refractivity contribution < 1.29 is 19.5 Å². The molecule has 0 aromatic heterocycles. The summed E-state index contributed by atoms with van der Waals surface area (Å²) in [5.74, 6) is -2.00. The lowest BCUT2D eigenvalue weighted by molar-refractivity contribution is -0.128. The largest absolute Gasteiger partial charge is 0.393 e. The zero-order chi connectivity index (χ0) is 24.9. The Bertz CT molecular complexity index is 1200. The highest BCUT2D eigenvalue weighted by Crippen LogP contribution is 2.35. The molecule has 0 saturated heterocycles. The summed E-state index contributed by atoms with van der Waals surface area (Å²) in [5.41, 5.74) is 2.80. The van der Waals surface area contributed by atoms with Gasteiger partial charge in [0.1, 0.15) is 0 Å². The van der Waals surface area contributed by atoms with Gasteiger partial charge in [-0.1, -0.05) is 48.6 Å². The number of halogens is 1. The van der Waals surface area contributed by atoms with E-state index in [2.05, 4.69) is 17.2 Å². The second-order valence-corrected chi connectivity index (χ2v) is 9.33. The van der Waals surface area contributed by atoms with Crippen LogP contribution in [-0.4, -0.2) is 28.8 Å². The van der Waals surface area contributed by atoms with E-state index in [-0.39, 0.29) is 36.4 Å². The van der Waals surface area contributed by atoms with E-state index in [1.54, 1.807) is 48.6 Å². The first-order valence-electron chi connectivity index (χ1n) is 11.5. The Balaban J connectivity index is 1.48. The van der Waals surface area contributed by atoms with Gasteiger partial charge in [0, 0.05) is 28.7 Å². The average molecular weight is 491 g/mol. The molecule has 2 aromatic rings. The molecule has 2 aliphatic rings. The van der Waals surface area contributed by atoms with E-state index >= 15 is 0 Å². The Kier molecular flexibility index (Phi) is 7.63. The first kappa shape index (κ1) is 24.6. The van der Waals surface area contributed by atoms with Gasteiger partial charge in [-0.25, -0.2) is 0 Å². The molecule has 0 radical (unpaired) electrons. The summed E-state index contributed by atoms with van der Waals surface area (Å²) in [5, 5.41) is 16.5. The van der Waals surface area contributed by atoms with Crippen LogP contribution in [0.3, 0.4) is 0 Å². The monoisotopic (exact) mass is 490 g/mol. The molecule has 0 aliphatic heterocycles. The zero-order valence-corrected chi connectivity index (χ0v) is 19.9. The van der Waals surface area contributed by atoms with E-state index in [1.165, 1.54) is 0 Å². The molecule has 3 N–H and O–H groups in total. The van der Waals surface area contributed by atoms with Crippen LogP contribution in [0.2, 0.25) is 5.02 Å². The van der Waals surface area contributed by atoms with Crippen molar-refractivity contribution in [2.75, 3.05) is 10.6 Å². The number of anilines is 2. The minimum absolute atomic E-state index is 0.0558. The van der Waals surface area contributed by atoms with Crippen LogP contribution in [0.1, 0.15) is 36.3 Å². The number of nitrogens with one attached hydrogen (secondary N) is 2. The quantitative estimate of drug-likeness (QED) is 0.524. The van der Waals surface area contributed by atoms with Crippen LogP contribution in [-0.2, 0) is 14.4 Å². The molecule has 0 spiro atoms. The van der Waals surface area contributed by atoms with Gasteiger partial charge in [0.05, 0.1) is 17.9 Å². The number of rotatable bonds is 6. The van der Waals surface area contributed by atoms with Crippen molar-refractivity contribution in [3.63, 3.8) is 0 Å². The highest BCUT2D eigenvalue weighted by molar-refractivity contribution is 6.30. The number of hydrogen-bond donors (Lipinski definition) is 3. The maximum atomic E-state index is 13.2. The van der Waals surface area contributed by atoms with Gasteiger partial charge in [0.25, 0.3) is 0 Å². The smallest absolute Gasteiger partial charge is 0.228 e. The molecule has 2 aliphatic carbocycles. The first-order valence-corrected chi connectivity index (χ1v) is 11.9. The van der Waals surface area contributed by atoms with Crippen LogP contribution in [0.15, 0.2) is 73.3 Å². The van der Waals surface area contributed by atoms with Gasteiger partial charge >= 0.3 is 0 Å². The van der Waals surface area contributed by atoms with Gasteiger partial charge in [-0.3, -0.25) is 14.4 Å². The highest BCUT2D eigenvalue weighted by atomic mass is 35.5. The summed E-state index contributed by atoms with van der Waals surface area (Å²) >= 11 is 5.90. The molecular weight excluding hydrogens is 464 g/mol. The SMILES string of the molecule is C=Cc1cc(C2C=CC=CC(=O)C2)ccc1NC(=O)[C@H]1C[C@@H](O)C[C@@H]1C(=O)Nc1ccc(Cl)cc1. The third kappa shape index (κ3) is 5.96. The molecule has 6 nitrogen and oxygen atoms in total. The van der Waals surface area contributed by atoms with Crippen molar-refractivity contribution in [2.24, 2.45) is 11.8 Å². The number of hydrogen-bond acceptors (Lipinski definition) is 4. The summed E-state index contributed by atoms with van der Waals surface area (Å²) in [7, 11) is 0. The molecule has 1 fully saturated rings. The van der Waals surface area contributed by atoms with E-state index in [0.29, 0.717) is 22.8 Å². The molecule has 2 amide bonds. The molecule has 180 valence electrons. The fraction of sp³-hybridized carbons (Fsp3) is 0.250. The van der Waals surface area contributed by atoms with Crippen LogP contribution in [0.4, 0.5) is 11.4 Å². The lowest BCUT2D eigenvalue weighted by Gasteiger charge is -2.20. The Morgan fingerprint density at radius 1 is 1.00 bits per heavy atom. The number of aliphatic hydroxyl groups is 1. The molecule has 0 heterocycles. The second-order valence-electron chi connectivity index (χ2n) is 8.90. The van der Waals surface area contributed by atoms with Crippen molar-refractivity contribution in [3.8, 4) is 0 Å². The molecule has 1 unspecified atom stereocenters. The van der Waals surface area contributed by atoms with E-state index < -0.39 is 17.9 Å². The van der Waals surface area contributed by atoms with Crippen LogP contribution in [0.5, 0.6) is 0 Å². The second kappa shape index (κ2) is 10.8. The summed E-state index contributed by atoms with van der Waals surface area (Å²) in [6.07, 6.45) is 8.84. The van der Waals surface area contributed by atoms with E-state index in [4.69, 9.17) is 11.6 Å². The molecule has 4 rings (SSSR count). The van der Waals surface area contributed by atoms with E-state index in [9.17, 15) is 19.5 Å². The summed E-state index contributed by atoms with van der Waals surface area (Å²) in [6, 6.07) is 12.3. The fourth-order valence-electron chi connectivity index (χ4n) is 4.62. The Labute approximate surface area is 209 Å². The molecule has 7 heteroatoms. The molecule has 4 atom stereocenters. The first-order chi connectivity index (χ1) is 16.8. The van der Waals surface area contributed by atoms with Gasteiger partial charge < -0.3 is 15.7 Å². The molecule has 35 heavy (non-hydrogen) atoms.